The minimum absolute atomic E-state index is 0.558. The van der Waals surface area contributed by atoms with Crippen LogP contribution in [0.3, 0.4) is 0 Å². The van der Waals surface area contributed by atoms with Crippen LogP contribution in [0.15, 0.2) is 120 Å². The summed E-state index contributed by atoms with van der Waals surface area (Å²) in [5, 5.41) is 3.13. The van der Waals surface area contributed by atoms with Crippen LogP contribution in [0.4, 0.5) is 0 Å². The van der Waals surface area contributed by atoms with Crippen molar-refractivity contribution in [1.29, 1.82) is 0 Å². The van der Waals surface area contributed by atoms with Gasteiger partial charge in [0, 0.05) is 0 Å². The van der Waals surface area contributed by atoms with Crippen LogP contribution in [0.5, 0.6) is 0 Å². The summed E-state index contributed by atoms with van der Waals surface area (Å²) < 4.78 is 0. The van der Waals surface area contributed by atoms with Crippen LogP contribution >= 0.6 is 0 Å². The van der Waals surface area contributed by atoms with E-state index in [0.717, 1.165) is 6.42 Å². The predicted octanol–water partition coefficient (Wildman–Crippen LogP) is 8.37. The molecule has 0 spiro atoms. The third kappa shape index (κ3) is 3.57. The molecule has 0 amide bonds. The van der Waals surface area contributed by atoms with Gasteiger partial charge >= 0.3 is 0 Å². The Balaban J connectivity index is 1.88. The van der Waals surface area contributed by atoms with E-state index in [2.05, 4.69) is 129 Å². The summed E-state index contributed by atoms with van der Waals surface area (Å²) in [6.07, 6.45) is 8.04. The average molecular weight is 431 g/mol. The van der Waals surface area contributed by atoms with Crippen LogP contribution in [0.2, 0.25) is 13.1 Å². The molecule has 0 aromatic heterocycles. The molecule has 2 aliphatic rings. The number of hydrogen-bond acceptors (Lipinski definition) is 0. The number of benzene rings is 3. The van der Waals surface area contributed by atoms with Crippen molar-refractivity contribution in [3.8, 4) is 0 Å². The summed E-state index contributed by atoms with van der Waals surface area (Å²) in [6, 6.07) is 33.3. The van der Waals surface area contributed by atoms with Gasteiger partial charge in [-0.1, -0.05) is 129 Å². The molecule has 0 bridgehead atoms. The second-order valence-electron chi connectivity index (χ2n) is 9.48. The topological polar surface area (TPSA) is 0 Å². The highest BCUT2D eigenvalue weighted by atomic mass is 28.3. The standard InChI is InChI=1S/C31H30Si/c1-23-14-13-21-27(22-23)29-28(24-15-7-4-8-16-24)30(25-17-9-5-10-18-25)32(2,3)31(29)26-19-11-6-12-20-26/h4-21,23H,22H2,1-3H3. The van der Waals surface area contributed by atoms with Crippen molar-refractivity contribution < 1.29 is 0 Å². The first-order valence-electron chi connectivity index (χ1n) is 11.6. The van der Waals surface area contributed by atoms with E-state index < -0.39 is 8.07 Å². The van der Waals surface area contributed by atoms with Gasteiger partial charge in [0.2, 0.25) is 0 Å². The zero-order valence-corrected chi connectivity index (χ0v) is 20.2. The maximum atomic E-state index is 2.54. The molecule has 0 N–H and O–H groups in total. The monoisotopic (exact) mass is 430 g/mol. The Labute approximate surface area is 193 Å². The normalized spacial score (nSPS) is 20.0. The molecule has 1 atom stereocenters. The first-order valence-corrected chi connectivity index (χ1v) is 14.6. The molecule has 0 saturated heterocycles. The van der Waals surface area contributed by atoms with Gasteiger partial charge in [-0.25, -0.2) is 0 Å². The van der Waals surface area contributed by atoms with Crippen molar-refractivity contribution in [2.24, 2.45) is 5.92 Å². The van der Waals surface area contributed by atoms with Crippen LogP contribution in [0, 0.1) is 5.92 Å². The van der Waals surface area contributed by atoms with E-state index >= 15 is 0 Å². The quantitative estimate of drug-likeness (QED) is 0.365. The van der Waals surface area contributed by atoms with Crippen LogP contribution in [0.25, 0.3) is 16.0 Å². The Morgan fingerprint density at radius 3 is 1.59 bits per heavy atom. The largest absolute Gasteiger partial charge is 0.115 e. The van der Waals surface area contributed by atoms with Crippen molar-refractivity contribution in [2.45, 2.75) is 26.4 Å². The molecule has 1 aliphatic heterocycles. The maximum Gasteiger partial charge on any atom is 0.115 e. The molecule has 1 unspecified atom stereocenters. The van der Waals surface area contributed by atoms with Gasteiger partial charge in [-0.3, -0.25) is 0 Å². The van der Waals surface area contributed by atoms with E-state index in [1.807, 2.05) is 0 Å². The van der Waals surface area contributed by atoms with Gasteiger partial charge in [0.15, 0.2) is 0 Å². The predicted molar refractivity (Wildman–Crippen MR) is 142 cm³/mol. The molecule has 3 aromatic carbocycles. The summed E-state index contributed by atoms with van der Waals surface area (Å²) in [5.74, 6) is 0.558. The Hall–Kier alpha value is -3.16. The molecule has 158 valence electrons. The van der Waals surface area contributed by atoms with Crippen LogP contribution in [0.1, 0.15) is 30.0 Å². The minimum Gasteiger partial charge on any atom is -0.0814 e. The van der Waals surface area contributed by atoms with Gasteiger partial charge in [0.25, 0.3) is 0 Å². The third-order valence-electron chi connectivity index (χ3n) is 6.79. The Morgan fingerprint density at radius 2 is 1.09 bits per heavy atom. The molecule has 1 aliphatic carbocycles. The molecular formula is C31H30Si. The van der Waals surface area contributed by atoms with Crippen LogP contribution in [-0.2, 0) is 0 Å². The summed E-state index contributed by atoms with van der Waals surface area (Å²) in [7, 11) is -2.00. The summed E-state index contributed by atoms with van der Waals surface area (Å²) >= 11 is 0. The molecule has 0 radical (unpaired) electrons. The Bertz CT molecular complexity index is 1240. The lowest BCUT2D eigenvalue weighted by atomic mass is 9.83. The molecule has 0 nitrogen and oxygen atoms in total. The first-order chi connectivity index (χ1) is 15.6. The SMILES string of the molecule is CC1C=CC=C(C2=C(c3ccccc3)[Si](C)(C)C(c3ccccc3)=C2c2ccccc2)C1. The van der Waals surface area contributed by atoms with Crippen LogP contribution in [-0.4, -0.2) is 8.07 Å². The fourth-order valence-electron chi connectivity index (χ4n) is 5.46. The lowest BCUT2D eigenvalue weighted by Crippen LogP contribution is -2.28. The second kappa shape index (κ2) is 8.41. The molecule has 1 heteroatoms. The van der Waals surface area contributed by atoms with E-state index in [1.54, 1.807) is 10.4 Å². The lowest BCUT2D eigenvalue weighted by molar-refractivity contribution is 0.715. The third-order valence-corrected chi connectivity index (χ3v) is 10.4. The zero-order chi connectivity index (χ0) is 22.1. The van der Waals surface area contributed by atoms with Gasteiger partial charge in [-0.05, 0) is 56.1 Å². The fourth-order valence-corrected chi connectivity index (χ4v) is 9.30. The molecule has 5 rings (SSSR count). The molecule has 0 saturated carbocycles. The average Bonchev–Trinajstić information content (AvgIpc) is 3.08. The highest BCUT2D eigenvalue weighted by Crippen LogP contribution is 2.55. The van der Waals surface area contributed by atoms with Gasteiger partial charge in [0.1, 0.15) is 8.07 Å². The van der Waals surface area contributed by atoms with E-state index in [0.29, 0.717) is 5.92 Å². The van der Waals surface area contributed by atoms with Crippen molar-refractivity contribution >= 4 is 24.0 Å². The summed E-state index contributed by atoms with van der Waals surface area (Å²) in [5.41, 5.74) is 8.48. The van der Waals surface area contributed by atoms with E-state index in [9.17, 15) is 0 Å². The number of hydrogen-bond donors (Lipinski definition) is 0. The van der Waals surface area contributed by atoms with Crippen molar-refractivity contribution in [3.63, 3.8) is 0 Å². The molecule has 3 aromatic rings. The van der Waals surface area contributed by atoms with Gasteiger partial charge in [-0.15, -0.1) is 0 Å². The number of rotatable bonds is 4. The highest BCUT2D eigenvalue weighted by Gasteiger charge is 2.44. The van der Waals surface area contributed by atoms with E-state index in [4.69, 9.17) is 0 Å². The maximum absolute atomic E-state index is 2.54. The van der Waals surface area contributed by atoms with Crippen molar-refractivity contribution in [1.82, 2.24) is 0 Å². The van der Waals surface area contributed by atoms with E-state index in [-0.39, 0.29) is 0 Å². The zero-order valence-electron chi connectivity index (χ0n) is 19.2. The fraction of sp³-hybridized carbons (Fsp3) is 0.161. The smallest absolute Gasteiger partial charge is 0.0814 e. The molecule has 1 heterocycles. The Kier molecular flexibility index (Phi) is 5.44. The first kappa shape index (κ1) is 20.7. The lowest BCUT2D eigenvalue weighted by Gasteiger charge is -2.27. The number of allylic oxidation sites excluding steroid dienone is 6. The summed E-state index contributed by atoms with van der Waals surface area (Å²) in [4.78, 5) is 0. The van der Waals surface area contributed by atoms with Gasteiger partial charge in [-0.2, -0.15) is 0 Å². The molecular weight excluding hydrogens is 400 g/mol. The molecule has 0 fully saturated rings. The van der Waals surface area contributed by atoms with Crippen LogP contribution < -0.4 is 0 Å². The van der Waals surface area contributed by atoms with Gasteiger partial charge in [0.05, 0.1) is 0 Å². The summed E-state index contributed by atoms with van der Waals surface area (Å²) in [6.45, 7) is 7.40. The van der Waals surface area contributed by atoms with E-state index in [1.165, 1.54) is 33.4 Å². The van der Waals surface area contributed by atoms with Gasteiger partial charge < -0.3 is 0 Å². The van der Waals surface area contributed by atoms with Crippen molar-refractivity contribution in [2.75, 3.05) is 0 Å². The highest BCUT2D eigenvalue weighted by molar-refractivity contribution is 7.11. The second-order valence-corrected chi connectivity index (χ2v) is 13.7. The minimum atomic E-state index is -2.00. The Morgan fingerprint density at radius 1 is 0.625 bits per heavy atom. The van der Waals surface area contributed by atoms with Crippen molar-refractivity contribution in [3.05, 3.63) is 137 Å². The molecule has 32 heavy (non-hydrogen) atoms.